The Morgan fingerprint density at radius 3 is 2.83 bits per heavy atom. The van der Waals surface area contributed by atoms with Crippen molar-refractivity contribution in [2.24, 2.45) is 0 Å². The third kappa shape index (κ3) is 0.967. The Labute approximate surface area is 73.4 Å². The van der Waals surface area contributed by atoms with E-state index in [-0.39, 0.29) is 5.15 Å². The molecule has 0 saturated carbocycles. The number of aromatic nitrogens is 3. The Hall–Kier alpha value is -1.42. The molecule has 0 aliphatic carbocycles. The average molecular weight is 181 g/mol. The molecule has 60 valence electrons. The van der Waals surface area contributed by atoms with Gasteiger partial charge in [0.1, 0.15) is 0 Å². The number of anilines is 1. The minimum Gasteiger partial charge on any atom is -0.398 e. The second kappa shape index (κ2) is 2.57. The number of nitrogen functional groups attached to an aromatic ring is 1. The van der Waals surface area contributed by atoms with Gasteiger partial charge in [0.25, 0.3) is 0 Å². The molecule has 1 aromatic carbocycles. The van der Waals surface area contributed by atoms with E-state index in [1.54, 1.807) is 18.2 Å². The standard InChI is InChI=1S/C7H5ClN4/c8-7-6-4(9)2-1-3-5(6)10-12-11-7/h1-3H,9H2. The first-order chi connectivity index (χ1) is 5.79. The quantitative estimate of drug-likeness (QED) is 0.620. The van der Waals surface area contributed by atoms with Crippen LogP contribution in [0.1, 0.15) is 0 Å². The molecule has 0 fully saturated rings. The van der Waals surface area contributed by atoms with E-state index in [2.05, 4.69) is 15.4 Å². The van der Waals surface area contributed by atoms with Crippen LogP contribution in [-0.4, -0.2) is 15.4 Å². The molecule has 0 radical (unpaired) electrons. The molecule has 0 saturated heterocycles. The largest absolute Gasteiger partial charge is 0.398 e. The summed E-state index contributed by atoms with van der Waals surface area (Å²) < 4.78 is 0. The summed E-state index contributed by atoms with van der Waals surface area (Å²) in [5.74, 6) is 0. The van der Waals surface area contributed by atoms with E-state index in [1.165, 1.54) is 0 Å². The lowest BCUT2D eigenvalue weighted by atomic mass is 10.2. The molecular weight excluding hydrogens is 176 g/mol. The first-order valence-electron chi connectivity index (χ1n) is 3.32. The van der Waals surface area contributed by atoms with Gasteiger partial charge in [0.15, 0.2) is 5.15 Å². The molecule has 2 aromatic rings. The first-order valence-corrected chi connectivity index (χ1v) is 3.70. The Morgan fingerprint density at radius 2 is 2.08 bits per heavy atom. The number of rotatable bonds is 0. The molecule has 0 aliphatic heterocycles. The summed E-state index contributed by atoms with van der Waals surface area (Å²) >= 11 is 5.77. The van der Waals surface area contributed by atoms with Crippen LogP contribution in [-0.2, 0) is 0 Å². The maximum Gasteiger partial charge on any atom is 0.164 e. The highest BCUT2D eigenvalue weighted by Crippen LogP contribution is 2.23. The summed E-state index contributed by atoms with van der Waals surface area (Å²) in [5.41, 5.74) is 6.90. The minimum absolute atomic E-state index is 0.290. The van der Waals surface area contributed by atoms with Crippen LogP contribution in [0.25, 0.3) is 10.9 Å². The normalized spacial score (nSPS) is 10.4. The molecule has 0 bridgehead atoms. The van der Waals surface area contributed by atoms with Crippen LogP contribution < -0.4 is 5.73 Å². The van der Waals surface area contributed by atoms with E-state index in [1.807, 2.05) is 0 Å². The van der Waals surface area contributed by atoms with Crippen molar-refractivity contribution < 1.29 is 0 Å². The lowest BCUT2D eigenvalue weighted by Crippen LogP contribution is -1.93. The van der Waals surface area contributed by atoms with E-state index < -0.39 is 0 Å². The van der Waals surface area contributed by atoms with E-state index in [0.717, 1.165) is 0 Å². The summed E-state index contributed by atoms with van der Waals surface area (Å²) in [6, 6.07) is 5.33. The lowest BCUT2D eigenvalue weighted by Gasteiger charge is -1.99. The highest BCUT2D eigenvalue weighted by Gasteiger charge is 2.04. The van der Waals surface area contributed by atoms with Crippen LogP contribution in [0, 0.1) is 0 Å². The molecule has 1 aromatic heterocycles. The summed E-state index contributed by atoms with van der Waals surface area (Å²) in [4.78, 5) is 0. The Kier molecular flexibility index (Phi) is 1.55. The molecule has 0 unspecified atom stereocenters. The van der Waals surface area contributed by atoms with Crippen LogP contribution in [0.5, 0.6) is 0 Å². The van der Waals surface area contributed by atoms with Crippen molar-refractivity contribution in [2.45, 2.75) is 0 Å². The van der Waals surface area contributed by atoms with Crippen molar-refractivity contribution in [1.82, 2.24) is 15.4 Å². The predicted octanol–water partition coefficient (Wildman–Crippen LogP) is 1.26. The number of hydrogen-bond donors (Lipinski definition) is 1. The van der Waals surface area contributed by atoms with Gasteiger partial charge < -0.3 is 5.73 Å². The van der Waals surface area contributed by atoms with Gasteiger partial charge in [-0.3, -0.25) is 0 Å². The third-order valence-electron chi connectivity index (χ3n) is 1.57. The molecule has 2 rings (SSSR count). The molecular formula is C7H5ClN4. The van der Waals surface area contributed by atoms with E-state index in [0.29, 0.717) is 16.6 Å². The fourth-order valence-electron chi connectivity index (χ4n) is 1.03. The van der Waals surface area contributed by atoms with Gasteiger partial charge in [-0.25, -0.2) is 0 Å². The van der Waals surface area contributed by atoms with Crippen LogP contribution in [0.2, 0.25) is 5.15 Å². The zero-order valence-corrected chi connectivity index (χ0v) is 6.78. The lowest BCUT2D eigenvalue weighted by molar-refractivity contribution is 0.896. The smallest absolute Gasteiger partial charge is 0.164 e. The van der Waals surface area contributed by atoms with Crippen LogP contribution in [0.4, 0.5) is 5.69 Å². The number of halogens is 1. The molecule has 0 aliphatic rings. The van der Waals surface area contributed by atoms with Crippen molar-refractivity contribution in [1.29, 1.82) is 0 Å². The molecule has 5 heteroatoms. The maximum absolute atomic E-state index is 5.77. The number of nitrogens with two attached hydrogens (primary N) is 1. The van der Waals surface area contributed by atoms with Gasteiger partial charge in [-0.15, -0.1) is 10.2 Å². The van der Waals surface area contributed by atoms with Crippen molar-refractivity contribution in [3.63, 3.8) is 0 Å². The van der Waals surface area contributed by atoms with Gasteiger partial charge in [-0.2, -0.15) is 0 Å². The second-order valence-corrected chi connectivity index (χ2v) is 2.68. The zero-order chi connectivity index (χ0) is 8.55. The highest BCUT2D eigenvalue weighted by molar-refractivity contribution is 6.34. The Balaban J connectivity index is 2.96. The fraction of sp³-hybridized carbons (Fsp3) is 0. The third-order valence-corrected chi connectivity index (χ3v) is 1.83. The van der Waals surface area contributed by atoms with Gasteiger partial charge in [0.05, 0.1) is 10.9 Å². The van der Waals surface area contributed by atoms with Crippen LogP contribution in [0.3, 0.4) is 0 Å². The van der Waals surface area contributed by atoms with E-state index >= 15 is 0 Å². The monoisotopic (exact) mass is 180 g/mol. The van der Waals surface area contributed by atoms with Gasteiger partial charge in [0.2, 0.25) is 0 Å². The predicted molar refractivity (Wildman–Crippen MR) is 46.8 cm³/mol. The number of hydrogen-bond acceptors (Lipinski definition) is 4. The second-order valence-electron chi connectivity index (χ2n) is 2.32. The van der Waals surface area contributed by atoms with Gasteiger partial charge in [-0.05, 0) is 17.3 Å². The zero-order valence-electron chi connectivity index (χ0n) is 6.03. The van der Waals surface area contributed by atoms with Gasteiger partial charge >= 0.3 is 0 Å². The van der Waals surface area contributed by atoms with Crippen molar-refractivity contribution in [3.8, 4) is 0 Å². The van der Waals surface area contributed by atoms with E-state index in [9.17, 15) is 0 Å². The summed E-state index contributed by atoms with van der Waals surface area (Å²) in [7, 11) is 0. The molecule has 12 heavy (non-hydrogen) atoms. The Morgan fingerprint density at radius 1 is 1.25 bits per heavy atom. The summed E-state index contributed by atoms with van der Waals surface area (Å²) in [5, 5.41) is 11.8. The van der Waals surface area contributed by atoms with Crippen molar-refractivity contribution >= 4 is 28.2 Å². The molecule has 0 spiro atoms. The molecule has 0 atom stereocenters. The van der Waals surface area contributed by atoms with Gasteiger partial charge in [0, 0.05) is 5.69 Å². The minimum atomic E-state index is 0.290. The molecule has 4 nitrogen and oxygen atoms in total. The molecule has 1 heterocycles. The van der Waals surface area contributed by atoms with Crippen molar-refractivity contribution in [2.75, 3.05) is 5.73 Å². The molecule has 0 amide bonds. The number of benzene rings is 1. The van der Waals surface area contributed by atoms with Crippen LogP contribution >= 0.6 is 11.6 Å². The number of fused-ring (bicyclic) bond motifs is 1. The Bertz CT molecular complexity index is 392. The maximum atomic E-state index is 5.77. The van der Waals surface area contributed by atoms with Crippen LogP contribution in [0.15, 0.2) is 18.2 Å². The number of nitrogens with zero attached hydrogens (tertiary/aromatic N) is 3. The first kappa shape index (κ1) is 7.24. The molecule has 2 N–H and O–H groups in total. The van der Waals surface area contributed by atoms with Gasteiger partial charge in [-0.1, -0.05) is 17.7 Å². The summed E-state index contributed by atoms with van der Waals surface area (Å²) in [6.07, 6.45) is 0. The SMILES string of the molecule is Nc1cccc2nnnc(Cl)c12. The van der Waals surface area contributed by atoms with Crippen molar-refractivity contribution in [3.05, 3.63) is 23.4 Å². The summed E-state index contributed by atoms with van der Waals surface area (Å²) in [6.45, 7) is 0. The average Bonchev–Trinajstić information content (AvgIpc) is 2.04. The topological polar surface area (TPSA) is 64.7 Å². The van der Waals surface area contributed by atoms with E-state index in [4.69, 9.17) is 17.3 Å². The fourth-order valence-corrected chi connectivity index (χ4v) is 1.27. The highest BCUT2D eigenvalue weighted by atomic mass is 35.5.